The first kappa shape index (κ1) is 19.5. The van der Waals surface area contributed by atoms with Gasteiger partial charge in [-0.15, -0.1) is 11.8 Å². The van der Waals surface area contributed by atoms with E-state index in [0.717, 1.165) is 22.0 Å². The number of ether oxygens (including phenoxy) is 1. The van der Waals surface area contributed by atoms with Gasteiger partial charge in [-0.25, -0.2) is 4.98 Å². The van der Waals surface area contributed by atoms with Crippen molar-refractivity contribution in [3.63, 3.8) is 0 Å². The van der Waals surface area contributed by atoms with Crippen molar-refractivity contribution >= 4 is 40.0 Å². The van der Waals surface area contributed by atoms with E-state index >= 15 is 0 Å². The summed E-state index contributed by atoms with van der Waals surface area (Å²) < 4.78 is 5.22. The molecule has 0 radical (unpaired) electrons. The molecule has 5 heteroatoms. The summed E-state index contributed by atoms with van der Waals surface area (Å²) in [6.07, 6.45) is 1.93. The number of carbonyl (C=O) groups excluding carboxylic acids is 1. The predicted octanol–water partition coefficient (Wildman–Crippen LogP) is 6.52. The van der Waals surface area contributed by atoms with Crippen LogP contribution in [0.25, 0.3) is 22.0 Å². The van der Waals surface area contributed by atoms with Crippen LogP contribution in [0.4, 0.5) is 0 Å². The predicted molar refractivity (Wildman–Crippen MR) is 120 cm³/mol. The molecular weight excluding hydrogens is 402 g/mol. The fourth-order valence-corrected chi connectivity index (χ4v) is 4.12. The van der Waals surface area contributed by atoms with Gasteiger partial charge in [0.2, 0.25) is 0 Å². The molecule has 0 aliphatic heterocycles. The van der Waals surface area contributed by atoms with E-state index in [0.29, 0.717) is 26.9 Å². The van der Waals surface area contributed by atoms with Gasteiger partial charge < -0.3 is 4.74 Å². The van der Waals surface area contributed by atoms with Gasteiger partial charge in [-0.1, -0.05) is 41.9 Å². The van der Waals surface area contributed by atoms with Gasteiger partial charge >= 0.3 is 0 Å². The van der Waals surface area contributed by atoms with Crippen LogP contribution in [0.1, 0.15) is 15.9 Å². The Bertz CT molecular complexity index is 1190. The van der Waals surface area contributed by atoms with E-state index in [2.05, 4.69) is 0 Å². The SMILES string of the molecule is COc1ccc(C(=O)c2c(SC)nc3ccc(Cl)cc3c2-c2ccccc2)cc1. The number of ketones is 1. The number of benzene rings is 3. The summed E-state index contributed by atoms with van der Waals surface area (Å²) in [5.74, 6) is 0.628. The van der Waals surface area contributed by atoms with Crippen LogP contribution in [0.5, 0.6) is 5.75 Å². The zero-order chi connectivity index (χ0) is 20.4. The summed E-state index contributed by atoms with van der Waals surface area (Å²) in [5.41, 5.74) is 3.78. The lowest BCUT2D eigenvalue weighted by Crippen LogP contribution is -2.08. The fraction of sp³-hybridized carbons (Fsp3) is 0.0833. The van der Waals surface area contributed by atoms with E-state index in [-0.39, 0.29) is 5.78 Å². The molecule has 0 atom stereocenters. The maximum atomic E-state index is 13.6. The van der Waals surface area contributed by atoms with E-state index in [4.69, 9.17) is 21.3 Å². The molecule has 0 spiro atoms. The Hall–Kier alpha value is -2.82. The zero-order valence-electron chi connectivity index (χ0n) is 16.0. The Labute approximate surface area is 178 Å². The number of aromatic nitrogens is 1. The molecule has 0 fully saturated rings. The normalized spacial score (nSPS) is 10.9. The largest absolute Gasteiger partial charge is 0.497 e. The Morgan fingerprint density at radius 2 is 1.72 bits per heavy atom. The molecule has 0 saturated carbocycles. The van der Waals surface area contributed by atoms with Crippen molar-refractivity contribution in [3.8, 4) is 16.9 Å². The third-order valence-corrected chi connectivity index (χ3v) is 5.67. The number of pyridine rings is 1. The van der Waals surface area contributed by atoms with Crippen LogP contribution in [0.2, 0.25) is 5.02 Å². The number of carbonyl (C=O) groups is 1. The van der Waals surface area contributed by atoms with Crippen molar-refractivity contribution < 1.29 is 9.53 Å². The molecule has 144 valence electrons. The second-order valence-electron chi connectivity index (χ2n) is 6.46. The zero-order valence-corrected chi connectivity index (χ0v) is 17.6. The molecule has 0 amide bonds. The van der Waals surface area contributed by atoms with E-state index in [1.807, 2.05) is 54.8 Å². The van der Waals surface area contributed by atoms with Crippen LogP contribution in [0.3, 0.4) is 0 Å². The van der Waals surface area contributed by atoms with E-state index in [9.17, 15) is 4.79 Å². The smallest absolute Gasteiger partial charge is 0.196 e. The van der Waals surface area contributed by atoms with Crippen molar-refractivity contribution in [1.29, 1.82) is 0 Å². The highest BCUT2D eigenvalue weighted by Gasteiger charge is 2.23. The monoisotopic (exact) mass is 419 g/mol. The van der Waals surface area contributed by atoms with Crippen LogP contribution in [0, 0.1) is 0 Å². The van der Waals surface area contributed by atoms with E-state index < -0.39 is 0 Å². The van der Waals surface area contributed by atoms with Crippen molar-refractivity contribution in [3.05, 3.63) is 88.9 Å². The van der Waals surface area contributed by atoms with Gasteiger partial charge in [0.25, 0.3) is 0 Å². The number of fused-ring (bicyclic) bond motifs is 1. The van der Waals surface area contributed by atoms with Crippen molar-refractivity contribution in [2.75, 3.05) is 13.4 Å². The average molecular weight is 420 g/mol. The van der Waals surface area contributed by atoms with Crippen LogP contribution in [0.15, 0.2) is 77.8 Å². The molecule has 1 aromatic heterocycles. The average Bonchev–Trinajstić information content (AvgIpc) is 2.78. The third kappa shape index (κ3) is 3.74. The fourth-order valence-electron chi connectivity index (χ4n) is 3.36. The summed E-state index contributed by atoms with van der Waals surface area (Å²) in [5, 5.41) is 2.16. The number of methoxy groups -OCH3 is 1. The highest BCUT2D eigenvalue weighted by Crippen LogP contribution is 2.38. The number of thioether (sulfide) groups is 1. The molecule has 0 aliphatic carbocycles. The maximum absolute atomic E-state index is 13.6. The quantitative estimate of drug-likeness (QED) is 0.273. The van der Waals surface area contributed by atoms with Gasteiger partial charge in [-0.3, -0.25) is 4.79 Å². The van der Waals surface area contributed by atoms with Gasteiger partial charge in [-0.05, 0) is 54.3 Å². The van der Waals surface area contributed by atoms with Crippen LogP contribution >= 0.6 is 23.4 Å². The summed E-state index contributed by atoms with van der Waals surface area (Å²) in [6, 6.07) is 22.6. The first-order valence-corrected chi connectivity index (χ1v) is 10.6. The molecule has 0 aliphatic rings. The molecule has 0 saturated heterocycles. The Morgan fingerprint density at radius 3 is 2.38 bits per heavy atom. The molecule has 3 aromatic carbocycles. The standard InChI is InChI=1S/C24H18ClNO2S/c1-28-18-11-8-16(9-12-18)23(27)22-21(15-6-4-3-5-7-15)19-14-17(25)10-13-20(19)26-24(22)29-2/h3-14H,1-2H3. The lowest BCUT2D eigenvalue weighted by molar-refractivity contribution is 0.103. The molecule has 4 aromatic rings. The molecule has 0 N–H and O–H groups in total. The minimum absolute atomic E-state index is 0.0785. The number of nitrogens with zero attached hydrogens (tertiary/aromatic N) is 1. The summed E-state index contributed by atoms with van der Waals surface area (Å²) in [7, 11) is 1.60. The minimum atomic E-state index is -0.0785. The molecule has 29 heavy (non-hydrogen) atoms. The lowest BCUT2D eigenvalue weighted by Gasteiger charge is -2.16. The maximum Gasteiger partial charge on any atom is 0.196 e. The Kier molecular flexibility index (Phi) is 5.56. The molecule has 4 rings (SSSR count). The topological polar surface area (TPSA) is 39.2 Å². The highest BCUT2D eigenvalue weighted by atomic mass is 35.5. The molecule has 0 bridgehead atoms. The molecule has 0 unspecified atom stereocenters. The number of hydrogen-bond acceptors (Lipinski definition) is 4. The first-order chi connectivity index (χ1) is 14.1. The molecular formula is C24H18ClNO2S. The van der Waals surface area contributed by atoms with Crippen molar-refractivity contribution in [1.82, 2.24) is 4.98 Å². The molecule has 3 nitrogen and oxygen atoms in total. The summed E-state index contributed by atoms with van der Waals surface area (Å²) >= 11 is 7.77. The number of rotatable bonds is 5. The van der Waals surface area contributed by atoms with Gasteiger partial charge in [-0.2, -0.15) is 0 Å². The van der Waals surface area contributed by atoms with Gasteiger partial charge in [0.1, 0.15) is 10.8 Å². The van der Waals surface area contributed by atoms with Crippen molar-refractivity contribution in [2.24, 2.45) is 0 Å². The molecule has 1 heterocycles. The Balaban J connectivity index is 2.04. The third-order valence-electron chi connectivity index (χ3n) is 4.75. The van der Waals surface area contributed by atoms with Crippen molar-refractivity contribution in [2.45, 2.75) is 5.03 Å². The first-order valence-electron chi connectivity index (χ1n) is 9.04. The Morgan fingerprint density at radius 1 is 1.00 bits per heavy atom. The van der Waals surface area contributed by atoms with Gasteiger partial charge in [0.15, 0.2) is 5.78 Å². The number of hydrogen-bond donors (Lipinski definition) is 0. The van der Waals surface area contributed by atoms with Crippen LogP contribution in [-0.2, 0) is 0 Å². The van der Waals surface area contributed by atoms with Gasteiger partial charge in [0, 0.05) is 21.5 Å². The second kappa shape index (κ2) is 8.27. The number of halogens is 1. The second-order valence-corrected chi connectivity index (χ2v) is 7.69. The summed E-state index contributed by atoms with van der Waals surface area (Å²) in [4.78, 5) is 18.4. The van der Waals surface area contributed by atoms with Crippen LogP contribution in [-0.4, -0.2) is 24.1 Å². The summed E-state index contributed by atoms with van der Waals surface area (Å²) in [6.45, 7) is 0. The van der Waals surface area contributed by atoms with Crippen LogP contribution < -0.4 is 4.74 Å². The lowest BCUT2D eigenvalue weighted by atomic mass is 9.92. The van der Waals surface area contributed by atoms with E-state index in [1.165, 1.54) is 11.8 Å². The minimum Gasteiger partial charge on any atom is -0.497 e. The van der Waals surface area contributed by atoms with E-state index in [1.54, 1.807) is 31.4 Å². The highest BCUT2D eigenvalue weighted by molar-refractivity contribution is 7.98. The van der Waals surface area contributed by atoms with Gasteiger partial charge in [0.05, 0.1) is 18.2 Å².